The minimum Gasteiger partial charge on any atom is -0.480 e. The molecule has 21 heavy (non-hydrogen) atoms. The smallest absolute Gasteiger partial charge is 0.341 e. The molecule has 1 aromatic carbocycles. The molecule has 1 fully saturated rings. The van der Waals surface area contributed by atoms with E-state index in [1.807, 2.05) is 0 Å². The average Bonchev–Trinajstić information content (AvgIpc) is 2.78. The van der Waals surface area contributed by atoms with E-state index in [1.165, 1.54) is 4.90 Å². The maximum absolute atomic E-state index is 12.1. The van der Waals surface area contributed by atoms with Crippen molar-refractivity contribution in [2.75, 3.05) is 25.0 Å². The fraction of sp³-hybridized carbons (Fsp3) is 0.429. The number of benzene rings is 1. The van der Waals surface area contributed by atoms with Crippen molar-refractivity contribution in [3.63, 3.8) is 0 Å². The summed E-state index contributed by atoms with van der Waals surface area (Å²) >= 11 is 0. The Labute approximate surface area is 122 Å². The standard InChI is InChI=1S/C14H18N2O5/c1-14(20)6-7-16(9-14)13(19)15-10-4-2-3-5-11(10)21-8-12(17)18/h2-5,20H,6-9H2,1H3,(H,15,19)(H,17,18). The fourth-order valence-corrected chi connectivity index (χ4v) is 2.15. The van der Waals surface area contributed by atoms with Crippen molar-refractivity contribution in [2.24, 2.45) is 0 Å². The zero-order chi connectivity index (χ0) is 15.5. The van der Waals surface area contributed by atoms with Gasteiger partial charge in [-0.3, -0.25) is 0 Å². The largest absolute Gasteiger partial charge is 0.480 e. The Morgan fingerprint density at radius 3 is 2.76 bits per heavy atom. The normalized spacial score (nSPS) is 21.1. The van der Waals surface area contributed by atoms with Crippen molar-refractivity contribution >= 4 is 17.7 Å². The minimum absolute atomic E-state index is 0.261. The quantitative estimate of drug-likeness (QED) is 0.773. The first-order valence-electron chi connectivity index (χ1n) is 6.59. The summed E-state index contributed by atoms with van der Waals surface area (Å²) in [4.78, 5) is 24.2. The Bertz CT molecular complexity index is 544. The van der Waals surface area contributed by atoms with E-state index in [-0.39, 0.29) is 12.6 Å². The second-order valence-corrected chi connectivity index (χ2v) is 5.28. The summed E-state index contributed by atoms with van der Waals surface area (Å²) in [6.07, 6.45) is 0.525. The number of aliphatic hydroxyl groups is 1. The van der Waals surface area contributed by atoms with Crippen molar-refractivity contribution < 1.29 is 24.5 Å². The number of anilines is 1. The lowest BCUT2D eigenvalue weighted by molar-refractivity contribution is -0.139. The molecule has 0 bridgehead atoms. The lowest BCUT2D eigenvalue weighted by Gasteiger charge is -2.20. The lowest BCUT2D eigenvalue weighted by atomic mass is 10.1. The van der Waals surface area contributed by atoms with Gasteiger partial charge in [-0.25, -0.2) is 9.59 Å². The van der Waals surface area contributed by atoms with Gasteiger partial charge in [-0.15, -0.1) is 0 Å². The molecule has 0 radical (unpaired) electrons. The topological polar surface area (TPSA) is 99.1 Å². The van der Waals surface area contributed by atoms with Crippen LogP contribution in [-0.2, 0) is 4.79 Å². The molecule has 2 amide bonds. The van der Waals surface area contributed by atoms with Crippen molar-refractivity contribution in [3.05, 3.63) is 24.3 Å². The third kappa shape index (κ3) is 4.09. The Morgan fingerprint density at radius 1 is 1.43 bits per heavy atom. The number of nitrogens with zero attached hydrogens (tertiary/aromatic N) is 1. The summed E-state index contributed by atoms with van der Waals surface area (Å²) in [6.45, 7) is 1.93. The molecular formula is C14H18N2O5. The Morgan fingerprint density at radius 2 is 2.14 bits per heavy atom. The van der Waals surface area contributed by atoms with Crippen molar-refractivity contribution in [2.45, 2.75) is 18.9 Å². The van der Waals surface area contributed by atoms with Gasteiger partial charge in [0.1, 0.15) is 5.75 Å². The van der Waals surface area contributed by atoms with Gasteiger partial charge in [0.15, 0.2) is 6.61 Å². The van der Waals surface area contributed by atoms with Gasteiger partial charge >= 0.3 is 12.0 Å². The Balaban J connectivity index is 2.02. The molecule has 0 aliphatic carbocycles. The molecule has 0 saturated carbocycles. The third-order valence-electron chi connectivity index (χ3n) is 3.22. The molecule has 2 rings (SSSR count). The van der Waals surface area contributed by atoms with Gasteiger partial charge < -0.3 is 25.2 Å². The monoisotopic (exact) mass is 294 g/mol. The van der Waals surface area contributed by atoms with Crippen LogP contribution in [0.3, 0.4) is 0 Å². The number of nitrogens with one attached hydrogen (secondary N) is 1. The van der Waals surface area contributed by atoms with E-state index in [9.17, 15) is 14.7 Å². The van der Waals surface area contributed by atoms with Crippen LogP contribution in [0.1, 0.15) is 13.3 Å². The maximum atomic E-state index is 12.1. The van der Waals surface area contributed by atoms with E-state index in [1.54, 1.807) is 31.2 Å². The van der Waals surface area contributed by atoms with Crippen molar-refractivity contribution in [3.8, 4) is 5.75 Å². The van der Waals surface area contributed by atoms with Crippen LogP contribution in [0.15, 0.2) is 24.3 Å². The van der Waals surface area contributed by atoms with Gasteiger partial charge in [0, 0.05) is 6.54 Å². The van der Waals surface area contributed by atoms with Gasteiger partial charge in [-0.2, -0.15) is 0 Å². The number of hydrogen-bond donors (Lipinski definition) is 3. The molecule has 1 saturated heterocycles. The molecule has 1 aliphatic heterocycles. The SMILES string of the molecule is CC1(O)CCN(C(=O)Nc2ccccc2OCC(=O)O)C1. The van der Waals surface area contributed by atoms with Gasteiger partial charge in [-0.05, 0) is 25.5 Å². The first kappa shape index (κ1) is 15.1. The van der Waals surface area contributed by atoms with Crippen LogP contribution < -0.4 is 10.1 Å². The minimum atomic E-state index is -1.09. The highest BCUT2D eigenvalue weighted by Gasteiger charge is 2.34. The molecule has 1 aromatic rings. The van der Waals surface area contributed by atoms with Crippen LogP contribution in [-0.4, -0.2) is 52.4 Å². The molecule has 7 nitrogen and oxygen atoms in total. The summed E-state index contributed by atoms with van der Waals surface area (Å²) in [6, 6.07) is 6.26. The Kier molecular flexibility index (Phi) is 4.32. The van der Waals surface area contributed by atoms with Gasteiger partial charge in [0.2, 0.25) is 0 Å². The molecule has 3 N–H and O–H groups in total. The number of carbonyl (C=O) groups excluding carboxylic acids is 1. The number of hydrogen-bond acceptors (Lipinski definition) is 4. The van der Waals surface area contributed by atoms with Crippen LogP contribution in [0, 0.1) is 0 Å². The number of β-amino-alcohol motifs (C(OH)–C–C–N with tert-alkyl or cyclic N) is 1. The molecule has 114 valence electrons. The summed E-state index contributed by atoms with van der Waals surface area (Å²) in [5, 5.41) is 21.2. The molecule has 0 spiro atoms. The fourth-order valence-electron chi connectivity index (χ4n) is 2.15. The van der Waals surface area contributed by atoms with E-state index >= 15 is 0 Å². The summed E-state index contributed by atoms with van der Waals surface area (Å²) in [5.74, 6) is -0.800. The summed E-state index contributed by atoms with van der Waals surface area (Å²) in [7, 11) is 0. The molecule has 1 heterocycles. The number of urea groups is 1. The number of carbonyl (C=O) groups is 2. The number of rotatable bonds is 4. The second kappa shape index (κ2) is 6.01. The number of amides is 2. The molecule has 1 unspecified atom stereocenters. The lowest BCUT2D eigenvalue weighted by Crippen LogP contribution is -2.36. The molecular weight excluding hydrogens is 276 g/mol. The number of para-hydroxylation sites is 2. The van der Waals surface area contributed by atoms with Crippen LogP contribution in [0.4, 0.5) is 10.5 Å². The van der Waals surface area contributed by atoms with Gasteiger partial charge in [0.25, 0.3) is 0 Å². The van der Waals surface area contributed by atoms with Gasteiger partial charge in [-0.1, -0.05) is 12.1 Å². The molecule has 0 aromatic heterocycles. The predicted molar refractivity (Wildman–Crippen MR) is 75.4 cm³/mol. The second-order valence-electron chi connectivity index (χ2n) is 5.28. The predicted octanol–water partition coefficient (Wildman–Crippen LogP) is 1.14. The zero-order valence-corrected chi connectivity index (χ0v) is 11.7. The summed E-state index contributed by atoms with van der Waals surface area (Å²) in [5.41, 5.74) is -0.466. The number of ether oxygens (including phenoxy) is 1. The van der Waals surface area contributed by atoms with Gasteiger partial charge in [0.05, 0.1) is 17.8 Å². The number of likely N-dealkylation sites (tertiary alicyclic amines) is 1. The van der Waals surface area contributed by atoms with E-state index in [0.29, 0.717) is 24.4 Å². The zero-order valence-electron chi connectivity index (χ0n) is 11.7. The molecule has 7 heteroatoms. The molecule has 1 aliphatic rings. The summed E-state index contributed by atoms with van der Waals surface area (Å²) < 4.78 is 5.12. The average molecular weight is 294 g/mol. The highest BCUT2D eigenvalue weighted by Crippen LogP contribution is 2.26. The van der Waals surface area contributed by atoms with E-state index in [4.69, 9.17) is 9.84 Å². The van der Waals surface area contributed by atoms with Crippen molar-refractivity contribution in [1.29, 1.82) is 0 Å². The van der Waals surface area contributed by atoms with E-state index in [2.05, 4.69) is 5.32 Å². The first-order valence-corrected chi connectivity index (χ1v) is 6.59. The van der Waals surface area contributed by atoms with Crippen LogP contribution in [0.25, 0.3) is 0 Å². The third-order valence-corrected chi connectivity index (χ3v) is 3.22. The number of carboxylic acids is 1. The van der Waals surface area contributed by atoms with Crippen LogP contribution in [0.2, 0.25) is 0 Å². The maximum Gasteiger partial charge on any atom is 0.341 e. The van der Waals surface area contributed by atoms with Crippen molar-refractivity contribution in [1.82, 2.24) is 4.90 Å². The number of carboxylic acid groups (broad SMARTS) is 1. The first-order chi connectivity index (χ1) is 9.87. The van der Waals surface area contributed by atoms with E-state index in [0.717, 1.165) is 0 Å². The highest BCUT2D eigenvalue weighted by atomic mass is 16.5. The van der Waals surface area contributed by atoms with Crippen LogP contribution >= 0.6 is 0 Å². The number of aliphatic carboxylic acids is 1. The molecule has 1 atom stereocenters. The van der Waals surface area contributed by atoms with Crippen LogP contribution in [0.5, 0.6) is 5.75 Å². The van der Waals surface area contributed by atoms with E-state index < -0.39 is 18.2 Å². The Hall–Kier alpha value is -2.28. The highest BCUT2D eigenvalue weighted by molar-refractivity contribution is 5.91.